The number of nitrogens with zero attached hydrogens (tertiary/aromatic N) is 1. The van der Waals surface area contributed by atoms with Crippen LogP contribution in [0.4, 0.5) is 5.69 Å². The molecule has 0 unspecified atom stereocenters. The second-order valence-electron chi connectivity index (χ2n) is 6.19. The molecule has 0 saturated carbocycles. The minimum atomic E-state index is 1.00. The zero-order chi connectivity index (χ0) is 16.5. The Kier molecular flexibility index (Phi) is 4.55. The summed E-state index contributed by atoms with van der Waals surface area (Å²) in [4.78, 5) is 5.06. The number of anilines is 1. The Balaban J connectivity index is 1.59. The highest BCUT2D eigenvalue weighted by molar-refractivity contribution is 14.1. The van der Waals surface area contributed by atoms with E-state index in [1.165, 1.54) is 35.7 Å². The number of aryl methyl sites for hydroxylation is 1. The predicted octanol–water partition coefficient (Wildman–Crippen LogP) is 6.27. The second kappa shape index (κ2) is 6.81. The molecule has 0 aliphatic carbocycles. The van der Waals surface area contributed by atoms with E-state index in [0.29, 0.717) is 0 Å². The fourth-order valence-electron chi connectivity index (χ4n) is 3.05. The molecule has 0 radical (unpaired) electrons. The lowest BCUT2D eigenvalue weighted by Crippen LogP contribution is -2.14. The Morgan fingerprint density at radius 1 is 0.833 bits per heavy atom. The molecule has 0 N–H and O–H groups in total. The van der Waals surface area contributed by atoms with Crippen LogP contribution in [0, 0.1) is 10.5 Å². The SMILES string of the molecule is Cc1ccc(Sc2cc(I)cc(N3Cc4ccccc4C3)c2)cc1. The zero-order valence-electron chi connectivity index (χ0n) is 13.5. The zero-order valence-corrected chi connectivity index (χ0v) is 16.5. The Morgan fingerprint density at radius 2 is 1.50 bits per heavy atom. The van der Waals surface area contributed by atoms with Crippen LogP contribution < -0.4 is 4.90 Å². The summed E-state index contributed by atoms with van der Waals surface area (Å²) in [5.41, 5.74) is 5.51. The standard InChI is InChI=1S/C21H18INS/c1-15-6-8-20(9-7-15)24-21-11-18(22)10-19(12-21)23-13-16-4-2-3-5-17(16)14-23/h2-12H,13-14H2,1H3. The number of hydrogen-bond donors (Lipinski definition) is 0. The molecule has 120 valence electrons. The van der Waals surface area contributed by atoms with Crippen molar-refractivity contribution in [3.8, 4) is 0 Å². The van der Waals surface area contributed by atoms with E-state index in [9.17, 15) is 0 Å². The monoisotopic (exact) mass is 443 g/mol. The van der Waals surface area contributed by atoms with Crippen LogP contribution in [0.2, 0.25) is 0 Å². The van der Waals surface area contributed by atoms with Crippen molar-refractivity contribution in [3.63, 3.8) is 0 Å². The highest BCUT2D eigenvalue weighted by Crippen LogP contribution is 2.35. The molecule has 1 aliphatic rings. The molecule has 24 heavy (non-hydrogen) atoms. The molecule has 1 nitrogen and oxygen atoms in total. The van der Waals surface area contributed by atoms with E-state index in [2.05, 4.69) is 101 Å². The van der Waals surface area contributed by atoms with Gasteiger partial charge in [0.2, 0.25) is 0 Å². The van der Waals surface area contributed by atoms with Crippen molar-refractivity contribution < 1.29 is 0 Å². The molecule has 1 aliphatic heterocycles. The van der Waals surface area contributed by atoms with E-state index in [-0.39, 0.29) is 0 Å². The number of hydrogen-bond acceptors (Lipinski definition) is 2. The molecular weight excluding hydrogens is 425 g/mol. The molecule has 1 heterocycles. The van der Waals surface area contributed by atoms with Crippen molar-refractivity contribution in [2.24, 2.45) is 0 Å². The smallest absolute Gasteiger partial charge is 0.0436 e. The number of fused-ring (bicyclic) bond motifs is 1. The Bertz CT molecular complexity index is 848. The van der Waals surface area contributed by atoms with Gasteiger partial charge in [-0.2, -0.15) is 0 Å². The number of benzene rings is 3. The van der Waals surface area contributed by atoms with Crippen LogP contribution in [0.5, 0.6) is 0 Å². The summed E-state index contributed by atoms with van der Waals surface area (Å²) in [7, 11) is 0. The first kappa shape index (κ1) is 16.0. The van der Waals surface area contributed by atoms with E-state index in [1.54, 1.807) is 0 Å². The lowest BCUT2D eigenvalue weighted by molar-refractivity contribution is 0.877. The maximum absolute atomic E-state index is 2.46. The fraction of sp³-hybridized carbons (Fsp3) is 0.143. The van der Waals surface area contributed by atoms with Gasteiger partial charge in [-0.15, -0.1) is 0 Å². The summed E-state index contributed by atoms with van der Waals surface area (Å²) in [5.74, 6) is 0. The molecule has 0 amide bonds. The highest BCUT2D eigenvalue weighted by Gasteiger charge is 2.19. The molecular formula is C21H18INS. The van der Waals surface area contributed by atoms with E-state index >= 15 is 0 Å². The van der Waals surface area contributed by atoms with Crippen molar-refractivity contribution in [2.45, 2.75) is 29.8 Å². The summed E-state index contributed by atoms with van der Waals surface area (Å²) >= 11 is 4.26. The van der Waals surface area contributed by atoms with Crippen molar-refractivity contribution in [1.82, 2.24) is 0 Å². The van der Waals surface area contributed by atoms with Gasteiger partial charge in [0, 0.05) is 32.1 Å². The summed E-state index contributed by atoms with van der Waals surface area (Å²) < 4.78 is 1.29. The largest absolute Gasteiger partial charge is 0.363 e. The first-order valence-corrected chi connectivity index (χ1v) is 9.94. The van der Waals surface area contributed by atoms with Crippen LogP contribution in [0.1, 0.15) is 16.7 Å². The first-order chi connectivity index (χ1) is 11.7. The second-order valence-corrected chi connectivity index (χ2v) is 8.58. The summed E-state index contributed by atoms with van der Waals surface area (Å²) in [6, 6.07) is 24.4. The third kappa shape index (κ3) is 3.47. The van der Waals surface area contributed by atoms with Gasteiger partial charge in [0.1, 0.15) is 0 Å². The molecule has 0 fully saturated rings. The molecule has 4 rings (SSSR count). The van der Waals surface area contributed by atoms with E-state index in [1.807, 2.05) is 11.8 Å². The molecule has 3 heteroatoms. The van der Waals surface area contributed by atoms with Crippen molar-refractivity contribution in [3.05, 3.63) is 87.0 Å². The third-order valence-corrected chi connectivity index (χ3v) is 5.92. The van der Waals surface area contributed by atoms with Crippen molar-refractivity contribution >= 4 is 40.0 Å². The van der Waals surface area contributed by atoms with Crippen LogP contribution in [0.3, 0.4) is 0 Å². The fourth-order valence-corrected chi connectivity index (χ4v) is 4.82. The van der Waals surface area contributed by atoms with Crippen LogP contribution in [0.15, 0.2) is 76.5 Å². The van der Waals surface area contributed by atoms with Gasteiger partial charge in [-0.3, -0.25) is 0 Å². The normalized spacial score (nSPS) is 13.2. The van der Waals surface area contributed by atoms with Crippen LogP contribution in [-0.4, -0.2) is 0 Å². The molecule has 3 aromatic rings. The van der Waals surface area contributed by atoms with Gasteiger partial charge < -0.3 is 4.90 Å². The molecule has 0 aromatic heterocycles. The molecule has 3 aromatic carbocycles. The Morgan fingerprint density at radius 3 is 2.17 bits per heavy atom. The average molecular weight is 443 g/mol. The minimum Gasteiger partial charge on any atom is -0.363 e. The van der Waals surface area contributed by atoms with E-state index in [0.717, 1.165) is 13.1 Å². The molecule has 0 atom stereocenters. The van der Waals surface area contributed by atoms with Crippen LogP contribution in [-0.2, 0) is 13.1 Å². The van der Waals surface area contributed by atoms with Crippen LogP contribution >= 0.6 is 34.4 Å². The summed E-state index contributed by atoms with van der Waals surface area (Å²) in [6.07, 6.45) is 0. The van der Waals surface area contributed by atoms with Gasteiger partial charge in [0.05, 0.1) is 0 Å². The summed E-state index contributed by atoms with van der Waals surface area (Å²) in [6.45, 7) is 4.14. The maximum Gasteiger partial charge on any atom is 0.0436 e. The van der Waals surface area contributed by atoms with E-state index in [4.69, 9.17) is 0 Å². The summed E-state index contributed by atoms with van der Waals surface area (Å²) in [5, 5.41) is 0. The number of halogens is 1. The van der Waals surface area contributed by atoms with Crippen LogP contribution in [0.25, 0.3) is 0 Å². The van der Waals surface area contributed by atoms with Crippen molar-refractivity contribution in [2.75, 3.05) is 4.90 Å². The van der Waals surface area contributed by atoms with Gasteiger partial charge in [-0.05, 0) is 71.0 Å². The Labute approximate surface area is 161 Å². The predicted molar refractivity (Wildman–Crippen MR) is 111 cm³/mol. The van der Waals surface area contributed by atoms with Gasteiger partial charge in [0.25, 0.3) is 0 Å². The van der Waals surface area contributed by atoms with Gasteiger partial charge in [0.15, 0.2) is 0 Å². The van der Waals surface area contributed by atoms with Gasteiger partial charge in [-0.25, -0.2) is 0 Å². The molecule has 0 saturated heterocycles. The van der Waals surface area contributed by atoms with E-state index < -0.39 is 0 Å². The molecule has 0 spiro atoms. The highest BCUT2D eigenvalue weighted by atomic mass is 127. The first-order valence-electron chi connectivity index (χ1n) is 8.04. The lowest BCUT2D eigenvalue weighted by Gasteiger charge is -2.19. The van der Waals surface area contributed by atoms with Gasteiger partial charge in [-0.1, -0.05) is 53.7 Å². The van der Waals surface area contributed by atoms with Crippen molar-refractivity contribution in [1.29, 1.82) is 0 Å². The number of rotatable bonds is 3. The average Bonchev–Trinajstić information content (AvgIpc) is 3.01. The Hall–Kier alpha value is -1.46. The maximum atomic E-state index is 2.46. The lowest BCUT2D eigenvalue weighted by atomic mass is 10.1. The molecule has 0 bridgehead atoms. The third-order valence-electron chi connectivity index (χ3n) is 4.32. The quantitative estimate of drug-likeness (QED) is 0.439. The van der Waals surface area contributed by atoms with Gasteiger partial charge >= 0.3 is 0 Å². The topological polar surface area (TPSA) is 3.24 Å². The minimum absolute atomic E-state index is 1.00.